The number of hydrogen-bond donors (Lipinski definition) is 1. The summed E-state index contributed by atoms with van der Waals surface area (Å²) in [6.45, 7) is 6.96. The van der Waals surface area contributed by atoms with Gasteiger partial charge in [-0.05, 0) is 24.6 Å². The van der Waals surface area contributed by atoms with Gasteiger partial charge in [-0.2, -0.15) is 0 Å². The second-order valence-corrected chi connectivity index (χ2v) is 6.23. The van der Waals surface area contributed by atoms with E-state index in [4.69, 9.17) is 10.2 Å². The molecule has 0 bridgehead atoms. The van der Waals surface area contributed by atoms with Crippen molar-refractivity contribution in [1.29, 1.82) is 0 Å². The van der Waals surface area contributed by atoms with Gasteiger partial charge < -0.3 is 15.1 Å². The lowest BCUT2D eigenvalue weighted by Crippen LogP contribution is -2.30. The zero-order chi connectivity index (χ0) is 16.9. The van der Waals surface area contributed by atoms with Crippen molar-refractivity contribution in [1.82, 2.24) is 4.90 Å². The number of carbonyl (C=O) groups is 1. The van der Waals surface area contributed by atoms with E-state index in [1.807, 2.05) is 6.92 Å². The summed E-state index contributed by atoms with van der Waals surface area (Å²) in [4.78, 5) is 16.2. The molecular formula is C19H25N3O2. The Labute approximate surface area is 143 Å². The lowest BCUT2D eigenvalue weighted by Gasteiger charge is -2.23. The molecule has 1 saturated heterocycles. The number of anilines is 1. The predicted molar refractivity (Wildman–Crippen MR) is 95.2 cm³/mol. The largest absolute Gasteiger partial charge is 0.456 e. The number of aryl methyl sites for hydroxylation is 1. The highest BCUT2D eigenvalue weighted by atomic mass is 16.3. The zero-order valence-electron chi connectivity index (χ0n) is 14.2. The van der Waals surface area contributed by atoms with Crippen LogP contribution in [0.2, 0.25) is 0 Å². The van der Waals surface area contributed by atoms with Gasteiger partial charge in [-0.15, -0.1) is 0 Å². The van der Waals surface area contributed by atoms with E-state index in [9.17, 15) is 4.79 Å². The van der Waals surface area contributed by atoms with Crippen LogP contribution < -0.4 is 10.6 Å². The molecule has 0 unspecified atom stereocenters. The van der Waals surface area contributed by atoms with Crippen molar-refractivity contribution in [3.8, 4) is 0 Å². The molecule has 24 heavy (non-hydrogen) atoms. The molecule has 5 nitrogen and oxygen atoms in total. The number of para-hydroxylation sites is 1. The van der Waals surface area contributed by atoms with Gasteiger partial charge in [-0.3, -0.25) is 9.69 Å². The molecule has 1 aromatic carbocycles. The molecule has 0 spiro atoms. The lowest BCUT2D eigenvalue weighted by molar-refractivity contribution is 0.0972. The van der Waals surface area contributed by atoms with Crippen LogP contribution in [-0.2, 0) is 13.0 Å². The predicted octanol–water partition coefficient (Wildman–Crippen LogP) is 2.65. The quantitative estimate of drug-likeness (QED) is 0.917. The Morgan fingerprint density at radius 1 is 1.17 bits per heavy atom. The number of primary amides is 1. The number of hydrogen-bond acceptors (Lipinski definition) is 4. The third-order valence-electron chi connectivity index (χ3n) is 4.56. The molecule has 2 heterocycles. The topological polar surface area (TPSA) is 62.7 Å². The van der Waals surface area contributed by atoms with E-state index in [0.717, 1.165) is 56.9 Å². The van der Waals surface area contributed by atoms with Gasteiger partial charge in [0.2, 0.25) is 0 Å². The Morgan fingerprint density at radius 2 is 1.96 bits per heavy atom. The third-order valence-corrected chi connectivity index (χ3v) is 4.56. The summed E-state index contributed by atoms with van der Waals surface area (Å²) in [5.74, 6) is 0.637. The van der Waals surface area contributed by atoms with E-state index in [1.54, 1.807) is 6.07 Å². The monoisotopic (exact) mass is 327 g/mol. The van der Waals surface area contributed by atoms with Gasteiger partial charge >= 0.3 is 0 Å². The fourth-order valence-electron chi connectivity index (χ4n) is 3.29. The van der Waals surface area contributed by atoms with Gasteiger partial charge in [0, 0.05) is 50.4 Å². The summed E-state index contributed by atoms with van der Waals surface area (Å²) in [5, 5.41) is 0. The summed E-state index contributed by atoms with van der Waals surface area (Å²) < 4.78 is 5.58. The van der Waals surface area contributed by atoms with E-state index < -0.39 is 5.91 Å². The molecule has 2 aromatic rings. The average molecular weight is 327 g/mol. The number of nitrogens with zero attached hydrogens (tertiary/aromatic N) is 2. The van der Waals surface area contributed by atoms with Crippen LogP contribution in [0.3, 0.4) is 0 Å². The van der Waals surface area contributed by atoms with Crippen LogP contribution in [0.25, 0.3) is 0 Å². The maximum atomic E-state index is 11.3. The Bertz CT molecular complexity index is 681. The highest BCUT2D eigenvalue weighted by molar-refractivity contribution is 5.90. The van der Waals surface area contributed by atoms with Crippen molar-refractivity contribution in [2.24, 2.45) is 5.73 Å². The summed E-state index contributed by atoms with van der Waals surface area (Å²) >= 11 is 0. The second kappa shape index (κ2) is 7.53. The maximum absolute atomic E-state index is 11.3. The fourth-order valence-corrected chi connectivity index (χ4v) is 3.29. The van der Waals surface area contributed by atoms with Gasteiger partial charge in [0.05, 0.1) is 0 Å². The van der Waals surface area contributed by atoms with Gasteiger partial charge in [0.15, 0.2) is 5.76 Å². The average Bonchev–Trinajstić information content (AvgIpc) is 2.86. The first kappa shape index (κ1) is 16.6. The van der Waals surface area contributed by atoms with Crippen LogP contribution in [0.5, 0.6) is 0 Å². The van der Waals surface area contributed by atoms with Crippen molar-refractivity contribution in [3.05, 3.63) is 53.5 Å². The minimum absolute atomic E-state index is 0.266. The molecule has 3 rings (SSSR count). The Hall–Kier alpha value is -2.27. The summed E-state index contributed by atoms with van der Waals surface area (Å²) in [6, 6.07) is 12.4. The minimum atomic E-state index is -0.498. The normalized spacial score (nSPS) is 16.1. The molecule has 1 fully saturated rings. The number of benzene rings is 1. The molecule has 1 amide bonds. The summed E-state index contributed by atoms with van der Waals surface area (Å²) in [7, 11) is 0. The molecule has 0 radical (unpaired) electrons. The van der Waals surface area contributed by atoms with Crippen molar-refractivity contribution in [3.63, 3.8) is 0 Å². The number of rotatable bonds is 5. The standard InChI is InChI=1S/C19H25N3O2/c1-2-17-15(13-18(24-17)19(20)23)14-21-9-6-10-22(12-11-21)16-7-4-3-5-8-16/h3-5,7-8,13H,2,6,9-12,14H2,1H3,(H2,20,23). The first-order valence-electron chi connectivity index (χ1n) is 8.61. The van der Waals surface area contributed by atoms with E-state index in [2.05, 4.69) is 40.1 Å². The lowest BCUT2D eigenvalue weighted by atomic mass is 10.2. The Kier molecular flexibility index (Phi) is 5.20. The number of amides is 1. The Morgan fingerprint density at radius 3 is 2.67 bits per heavy atom. The van der Waals surface area contributed by atoms with E-state index in [0.29, 0.717) is 0 Å². The highest BCUT2D eigenvalue weighted by Crippen LogP contribution is 2.20. The molecule has 1 aromatic heterocycles. The molecule has 1 aliphatic rings. The van der Waals surface area contributed by atoms with E-state index in [-0.39, 0.29) is 5.76 Å². The van der Waals surface area contributed by atoms with Crippen molar-refractivity contribution in [2.75, 3.05) is 31.1 Å². The highest BCUT2D eigenvalue weighted by Gasteiger charge is 2.19. The first-order valence-corrected chi connectivity index (χ1v) is 8.61. The smallest absolute Gasteiger partial charge is 0.284 e. The van der Waals surface area contributed by atoms with Crippen LogP contribution >= 0.6 is 0 Å². The van der Waals surface area contributed by atoms with Crippen LogP contribution in [0, 0.1) is 0 Å². The van der Waals surface area contributed by atoms with Gasteiger partial charge in [0.1, 0.15) is 5.76 Å². The summed E-state index contributed by atoms with van der Waals surface area (Å²) in [5.41, 5.74) is 7.71. The maximum Gasteiger partial charge on any atom is 0.284 e. The molecular weight excluding hydrogens is 302 g/mol. The fraction of sp³-hybridized carbons (Fsp3) is 0.421. The van der Waals surface area contributed by atoms with Crippen LogP contribution in [0.15, 0.2) is 40.8 Å². The molecule has 0 aliphatic carbocycles. The molecule has 0 saturated carbocycles. The molecule has 128 valence electrons. The zero-order valence-corrected chi connectivity index (χ0v) is 14.2. The van der Waals surface area contributed by atoms with Gasteiger partial charge in [-0.1, -0.05) is 25.1 Å². The number of nitrogens with two attached hydrogens (primary N) is 1. The van der Waals surface area contributed by atoms with Crippen LogP contribution in [0.1, 0.15) is 35.2 Å². The Balaban J connectivity index is 1.66. The van der Waals surface area contributed by atoms with Crippen molar-refractivity contribution < 1.29 is 9.21 Å². The van der Waals surface area contributed by atoms with E-state index >= 15 is 0 Å². The SMILES string of the molecule is CCc1oc(C(N)=O)cc1CN1CCCN(c2ccccc2)CC1. The summed E-state index contributed by atoms with van der Waals surface area (Å²) in [6.07, 6.45) is 1.89. The third kappa shape index (κ3) is 3.79. The van der Waals surface area contributed by atoms with Crippen LogP contribution in [-0.4, -0.2) is 37.0 Å². The van der Waals surface area contributed by atoms with E-state index in [1.165, 1.54) is 5.69 Å². The second-order valence-electron chi connectivity index (χ2n) is 6.23. The molecule has 5 heteroatoms. The molecule has 0 atom stereocenters. The van der Waals surface area contributed by atoms with Crippen molar-refractivity contribution >= 4 is 11.6 Å². The van der Waals surface area contributed by atoms with Gasteiger partial charge in [-0.25, -0.2) is 0 Å². The number of furan rings is 1. The minimum Gasteiger partial charge on any atom is -0.456 e. The molecule has 2 N–H and O–H groups in total. The van der Waals surface area contributed by atoms with Crippen LogP contribution in [0.4, 0.5) is 5.69 Å². The van der Waals surface area contributed by atoms with Crippen molar-refractivity contribution in [2.45, 2.75) is 26.3 Å². The van der Waals surface area contributed by atoms with Gasteiger partial charge in [0.25, 0.3) is 5.91 Å². The number of carbonyl (C=O) groups excluding carboxylic acids is 1. The first-order chi connectivity index (χ1) is 11.7. The molecule has 1 aliphatic heterocycles.